The predicted molar refractivity (Wildman–Crippen MR) is 116 cm³/mol. The summed E-state index contributed by atoms with van der Waals surface area (Å²) in [5, 5.41) is 0.480. The first kappa shape index (κ1) is 20.2. The Morgan fingerprint density at radius 3 is 2.67 bits per heavy atom. The molecule has 0 bridgehead atoms. The number of hydrogen-bond acceptors (Lipinski definition) is 5. The van der Waals surface area contributed by atoms with E-state index in [1.807, 2.05) is 30.3 Å². The van der Waals surface area contributed by atoms with E-state index in [0.29, 0.717) is 34.5 Å². The number of carbonyl (C=O) groups excluding carboxylic acids is 1. The number of rotatable bonds is 6. The zero-order valence-electron chi connectivity index (χ0n) is 17.2. The second-order valence-electron chi connectivity index (χ2n) is 7.95. The molecule has 0 radical (unpaired) electrons. The van der Waals surface area contributed by atoms with Crippen molar-refractivity contribution in [2.75, 3.05) is 6.61 Å². The van der Waals surface area contributed by atoms with Crippen molar-refractivity contribution in [3.8, 4) is 16.9 Å². The van der Waals surface area contributed by atoms with Crippen LogP contribution in [0.15, 0.2) is 57.9 Å². The monoisotopic (exact) mass is 406 g/mol. The summed E-state index contributed by atoms with van der Waals surface area (Å²) in [5.41, 5.74) is 2.25. The summed E-state index contributed by atoms with van der Waals surface area (Å²) in [6, 6.07) is 12.6. The summed E-state index contributed by atoms with van der Waals surface area (Å²) >= 11 is 0. The van der Waals surface area contributed by atoms with Crippen molar-refractivity contribution in [3.63, 3.8) is 0 Å². The maximum atomic E-state index is 13.0. The highest BCUT2D eigenvalue weighted by molar-refractivity contribution is 5.86. The number of fused-ring (bicyclic) bond motifs is 1. The van der Waals surface area contributed by atoms with E-state index < -0.39 is 6.16 Å². The average Bonchev–Trinajstić information content (AvgIpc) is 3.25. The van der Waals surface area contributed by atoms with Crippen LogP contribution in [0.3, 0.4) is 0 Å². The molecule has 156 valence electrons. The number of carbonyl (C=O) groups is 1. The molecule has 4 rings (SSSR count). The van der Waals surface area contributed by atoms with Gasteiger partial charge in [-0.2, -0.15) is 0 Å². The second-order valence-corrected chi connectivity index (χ2v) is 7.95. The van der Waals surface area contributed by atoms with Gasteiger partial charge in [0.05, 0.1) is 17.6 Å². The molecule has 1 aromatic heterocycles. The molecule has 1 aliphatic carbocycles. The van der Waals surface area contributed by atoms with Gasteiger partial charge in [0, 0.05) is 6.07 Å². The summed E-state index contributed by atoms with van der Waals surface area (Å²) in [5.74, 6) is 1.08. The van der Waals surface area contributed by atoms with Gasteiger partial charge in [0.25, 0.3) is 0 Å². The molecule has 0 unspecified atom stereocenters. The average molecular weight is 406 g/mol. The molecule has 2 aromatic carbocycles. The van der Waals surface area contributed by atoms with Crippen LogP contribution in [0.2, 0.25) is 0 Å². The van der Waals surface area contributed by atoms with Gasteiger partial charge in [0.1, 0.15) is 17.6 Å². The van der Waals surface area contributed by atoms with Crippen LogP contribution >= 0.6 is 0 Å². The van der Waals surface area contributed by atoms with E-state index in [1.165, 1.54) is 31.9 Å². The van der Waals surface area contributed by atoms with Crippen LogP contribution in [-0.4, -0.2) is 12.8 Å². The van der Waals surface area contributed by atoms with E-state index in [9.17, 15) is 9.59 Å². The molecule has 1 heterocycles. The third-order valence-electron chi connectivity index (χ3n) is 5.79. The minimum Gasteiger partial charge on any atom is -0.463 e. The van der Waals surface area contributed by atoms with E-state index in [0.717, 1.165) is 24.3 Å². The first-order valence-electron chi connectivity index (χ1n) is 10.6. The zero-order valence-corrected chi connectivity index (χ0v) is 17.2. The molecule has 1 fully saturated rings. The number of hydrogen-bond donors (Lipinski definition) is 0. The fourth-order valence-electron chi connectivity index (χ4n) is 4.25. The van der Waals surface area contributed by atoms with E-state index in [1.54, 1.807) is 19.1 Å². The quantitative estimate of drug-likeness (QED) is 0.275. The molecule has 3 aromatic rings. The maximum Gasteiger partial charge on any atom is 0.513 e. The standard InChI is InChI=1S/C25H26O5/c1-17-14-20(30-25(27)28-13-7-10-18-8-5-6-9-18)15-22-23(17)24(26)21(16-29-22)19-11-3-2-4-12-19/h2-4,11-12,14-16,18H,5-10,13H2,1H3. The molecule has 5 heteroatoms. The van der Waals surface area contributed by atoms with Gasteiger partial charge in [0.15, 0.2) is 0 Å². The molecular weight excluding hydrogens is 380 g/mol. The molecule has 30 heavy (non-hydrogen) atoms. The molecule has 5 nitrogen and oxygen atoms in total. The lowest BCUT2D eigenvalue weighted by molar-refractivity contribution is 0.0962. The molecule has 0 saturated heterocycles. The summed E-state index contributed by atoms with van der Waals surface area (Å²) in [6.45, 7) is 2.16. The second kappa shape index (κ2) is 9.16. The van der Waals surface area contributed by atoms with E-state index in [2.05, 4.69) is 0 Å². The first-order chi connectivity index (χ1) is 14.6. The molecule has 0 aliphatic heterocycles. The smallest absolute Gasteiger partial charge is 0.463 e. The maximum absolute atomic E-state index is 13.0. The molecule has 0 amide bonds. The summed E-state index contributed by atoms with van der Waals surface area (Å²) in [7, 11) is 0. The van der Waals surface area contributed by atoms with Crippen molar-refractivity contribution in [3.05, 3.63) is 64.5 Å². The zero-order chi connectivity index (χ0) is 20.9. The Hall–Kier alpha value is -3.08. The molecule has 0 N–H and O–H groups in total. The van der Waals surface area contributed by atoms with Crippen LogP contribution in [0, 0.1) is 12.8 Å². The molecule has 1 saturated carbocycles. The Morgan fingerprint density at radius 2 is 1.90 bits per heavy atom. The van der Waals surface area contributed by atoms with Gasteiger partial charge < -0.3 is 13.9 Å². The van der Waals surface area contributed by atoms with Gasteiger partial charge in [-0.3, -0.25) is 4.79 Å². The Balaban J connectivity index is 1.44. The summed E-state index contributed by atoms with van der Waals surface area (Å²) in [4.78, 5) is 25.0. The normalized spacial score (nSPS) is 14.2. The SMILES string of the molecule is Cc1cc(OC(=O)OCCCC2CCCC2)cc2occ(-c3ccccc3)c(=O)c12. The van der Waals surface area contributed by atoms with Crippen LogP contribution in [0.25, 0.3) is 22.1 Å². The number of aryl methyl sites for hydroxylation is 1. The fourth-order valence-corrected chi connectivity index (χ4v) is 4.25. The van der Waals surface area contributed by atoms with Crippen molar-refractivity contribution in [1.82, 2.24) is 0 Å². The van der Waals surface area contributed by atoms with Crippen molar-refractivity contribution >= 4 is 17.1 Å². The highest BCUT2D eigenvalue weighted by Gasteiger charge is 2.16. The van der Waals surface area contributed by atoms with Crippen LogP contribution in [0.1, 0.15) is 44.1 Å². The third kappa shape index (κ3) is 4.56. The van der Waals surface area contributed by atoms with Crippen molar-refractivity contribution in [2.45, 2.75) is 45.4 Å². The van der Waals surface area contributed by atoms with Crippen molar-refractivity contribution in [2.24, 2.45) is 5.92 Å². The summed E-state index contributed by atoms with van der Waals surface area (Å²) < 4.78 is 16.2. The van der Waals surface area contributed by atoms with Gasteiger partial charge in [-0.1, -0.05) is 56.0 Å². The van der Waals surface area contributed by atoms with Gasteiger partial charge in [0.2, 0.25) is 5.43 Å². The van der Waals surface area contributed by atoms with Gasteiger partial charge in [-0.25, -0.2) is 4.79 Å². The molecule has 0 atom stereocenters. The predicted octanol–water partition coefficient (Wildman–Crippen LogP) is 6.25. The van der Waals surface area contributed by atoms with Gasteiger partial charge in [-0.05, 0) is 42.9 Å². The lowest BCUT2D eigenvalue weighted by Gasteiger charge is -2.10. The molecular formula is C25H26O5. The van der Waals surface area contributed by atoms with E-state index in [-0.39, 0.29) is 5.43 Å². The topological polar surface area (TPSA) is 65.7 Å². The van der Waals surface area contributed by atoms with Crippen LogP contribution in [-0.2, 0) is 4.74 Å². The largest absolute Gasteiger partial charge is 0.513 e. The summed E-state index contributed by atoms with van der Waals surface area (Å²) in [6.07, 6.45) is 7.88. The minimum absolute atomic E-state index is 0.110. The Labute approximate surface area is 175 Å². The minimum atomic E-state index is -0.733. The Kier molecular flexibility index (Phi) is 6.17. The highest BCUT2D eigenvalue weighted by Crippen LogP contribution is 2.29. The van der Waals surface area contributed by atoms with Gasteiger partial charge >= 0.3 is 6.16 Å². The highest BCUT2D eigenvalue weighted by atomic mass is 16.7. The first-order valence-corrected chi connectivity index (χ1v) is 10.6. The third-order valence-corrected chi connectivity index (χ3v) is 5.79. The Bertz CT molecular complexity index is 1080. The Morgan fingerprint density at radius 1 is 1.13 bits per heavy atom. The molecule has 0 spiro atoms. The van der Waals surface area contributed by atoms with Crippen LogP contribution in [0.4, 0.5) is 4.79 Å². The van der Waals surface area contributed by atoms with Crippen LogP contribution < -0.4 is 10.2 Å². The lowest BCUT2D eigenvalue weighted by Crippen LogP contribution is -2.13. The molecule has 1 aliphatic rings. The van der Waals surface area contributed by atoms with Crippen LogP contribution in [0.5, 0.6) is 5.75 Å². The number of benzene rings is 2. The fraction of sp³-hybridized carbons (Fsp3) is 0.360. The van der Waals surface area contributed by atoms with Gasteiger partial charge in [-0.15, -0.1) is 0 Å². The van der Waals surface area contributed by atoms with Crippen molar-refractivity contribution in [1.29, 1.82) is 0 Å². The van der Waals surface area contributed by atoms with E-state index in [4.69, 9.17) is 13.9 Å². The van der Waals surface area contributed by atoms with Crippen molar-refractivity contribution < 1.29 is 18.7 Å². The number of ether oxygens (including phenoxy) is 2. The lowest BCUT2D eigenvalue weighted by atomic mass is 10.0. The van der Waals surface area contributed by atoms with E-state index >= 15 is 0 Å².